The van der Waals surface area contributed by atoms with E-state index in [1.807, 2.05) is 0 Å². The minimum atomic E-state index is -4.88. The fourth-order valence-corrected chi connectivity index (χ4v) is 3.12. The number of nitro groups is 1. The van der Waals surface area contributed by atoms with Gasteiger partial charge in [0.25, 0.3) is 5.69 Å². The zero-order valence-electron chi connectivity index (χ0n) is 15.7. The summed E-state index contributed by atoms with van der Waals surface area (Å²) in [4.78, 5) is 21.0. The summed E-state index contributed by atoms with van der Waals surface area (Å²) in [7, 11) is 0. The maximum absolute atomic E-state index is 13.9. The average Bonchev–Trinajstić information content (AvgIpc) is 3.08. The van der Waals surface area contributed by atoms with Crippen LogP contribution in [0.3, 0.4) is 0 Å². The standard InChI is InChI=1S/C18H19F3N4O5/c19-18(20,21)16-14(30-12-3-1-4-12)6-5-13(25(28)29)15(16)11-9-23-24(10-11)8-2-7-22-17(26)27/h5-6,9-10,12,22H,1-4,7-8H2,(H,26,27). The molecule has 0 saturated heterocycles. The van der Waals surface area contributed by atoms with Crippen molar-refractivity contribution in [2.75, 3.05) is 6.54 Å². The first-order valence-electron chi connectivity index (χ1n) is 9.21. The number of amides is 1. The molecule has 9 nitrogen and oxygen atoms in total. The van der Waals surface area contributed by atoms with Crippen molar-refractivity contribution < 1.29 is 32.7 Å². The molecule has 1 fully saturated rings. The molecule has 1 aliphatic carbocycles. The highest BCUT2D eigenvalue weighted by Crippen LogP contribution is 2.47. The molecule has 0 aliphatic heterocycles. The second kappa shape index (κ2) is 8.59. The third-order valence-electron chi connectivity index (χ3n) is 4.73. The van der Waals surface area contributed by atoms with E-state index in [0.717, 1.165) is 24.8 Å². The van der Waals surface area contributed by atoms with E-state index in [4.69, 9.17) is 9.84 Å². The first-order valence-corrected chi connectivity index (χ1v) is 9.21. The van der Waals surface area contributed by atoms with Crippen molar-refractivity contribution in [1.29, 1.82) is 0 Å². The van der Waals surface area contributed by atoms with Gasteiger partial charge in [-0.3, -0.25) is 14.8 Å². The van der Waals surface area contributed by atoms with Crippen molar-refractivity contribution in [2.24, 2.45) is 0 Å². The lowest BCUT2D eigenvalue weighted by molar-refractivity contribution is -0.384. The number of nitro benzene ring substituents is 1. The molecule has 1 aliphatic rings. The van der Waals surface area contributed by atoms with Crippen molar-refractivity contribution in [3.05, 3.63) is 40.2 Å². The van der Waals surface area contributed by atoms with Gasteiger partial charge in [-0.1, -0.05) is 0 Å². The molecule has 0 unspecified atom stereocenters. The highest BCUT2D eigenvalue weighted by molar-refractivity contribution is 5.79. The molecule has 1 amide bonds. The number of carbonyl (C=O) groups is 1. The smallest absolute Gasteiger partial charge is 0.420 e. The topological polar surface area (TPSA) is 120 Å². The predicted molar refractivity (Wildman–Crippen MR) is 98.2 cm³/mol. The number of hydrogen-bond donors (Lipinski definition) is 2. The Labute approximate surface area is 168 Å². The van der Waals surface area contributed by atoms with Gasteiger partial charge < -0.3 is 15.2 Å². The zero-order valence-corrected chi connectivity index (χ0v) is 15.7. The molecule has 30 heavy (non-hydrogen) atoms. The number of nitrogens with zero attached hydrogens (tertiary/aromatic N) is 3. The quantitative estimate of drug-likeness (QED) is 0.372. The molecule has 1 heterocycles. The number of aryl methyl sites for hydroxylation is 1. The molecule has 0 radical (unpaired) electrons. The Morgan fingerprint density at radius 1 is 1.40 bits per heavy atom. The molecule has 1 aromatic carbocycles. The maximum Gasteiger partial charge on any atom is 0.420 e. The van der Waals surface area contributed by atoms with Gasteiger partial charge in [0, 0.05) is 30.9 Å². The Morgan fingerprint density at radius 2 is 2.13 bits per heavy atom. The number of ether oxygens (including phenoxy) is 1. The summed E-state index contributed by atoms with van der Waals surface area (Å²) < 4.78 is 48.6. The molecule has 1 aromatic heterocycles. The first kappa shape index (κ1) is 21.4. The Hall–Kier alpha value is -3.31. The molecule has 1 saturated carbocycles. The van der Waals surface area contributed by atoms with Crippen molar-refractivity contribution in [1.82, 2.24) is 15.1 Å². The molecule has 0 bridgehead atoms. The molecule has 3 rings (SSSR count). The second-order valence-corrected chi connectivity index (χ2v) is 6.84. The Kier molecular flexibility index (Phi) is 6.13. The van der Waals surface area contributed by atoms with E-state index in [0.29, 0.717) is 19.3 Å². The summed E-state index contributed by atoms with van der Waals surface area (Å²) in [5, 5.41) is 26.1. The lowest BCUT2D eigenvalue weighted by Crippen LogP contribution is -2.26. The minimum Gasteiger partial charge on any atom is -0.490 e. The van der Waals surface area contributed by atoms with Crippen LogP contribution in [0.4, 0.5) is 23.7 Å². The van der Waals surface area contributed by atoms with Gasteiger partial charge in [-0.05, 0) is 31.7 Å². The third kappa shape index (κ3) is 4.81. The Balaban J connectivity index is 1.98. The van der Waals surface area contributed by atoms with E-state index in [-0.39, 0.29) is 24.8 Å². The minimum absolute atomic E-state index is 0.0701. The van der Waals surface area contributed by atoms with Gasteiger partial charge in [0.05, 0.1) is 22.8 Å². The maximum atomic E-state index is 13.9. The van der Waals surface area contributed by atoms with Gasteiger partial charge in [-0.15, -0.1) is 0 Å². The summed E-state index contributed by atoms with van der Waals surface area (Å²) in [5.41, 5.74) is -2.57. The van der Waals surface area contributed by atoms with Crippen molar-refractivity contribution in [2.45, 2.75) is 44.5 Å². The van der Waals surface area contributed by atoms with Crippen LogP contribution in [0.5, 0.6) is 5.75 Å². The normalized spacial score (nSPS) is 14.2. The monoisotopic (exact) mass is 428 g/mol. The van der Waals surface area contributed by atoms with E-state index in [1.54, 1.807) is 0 Å². The largest absolute Gasteiger partial charge is 0.490 e. The molecule has 0 spiro atoms. The summed E-state index contributed by atoms with van der Waals surface area (Å²) in [5.74, 6) is -0.439. The van der Waals surface area contributed by atoms with Gasteiger partial charge in [0.1, 0.15) is 11.3 Å². The number of rotatable bonds is 8. The Bertz CT molecular complexity index is 940. The molecular weight excluding hydrogens is 409 g/mol. The van der Waals surface area contributed by atoms with E-state index in [9.17, 15) is 28.1 Å². The number of alkyl halides is 3. The van der Waals surface area contributed by atoms with Crippen LogP contribution in [-0.4, -0.2) is 38.6 Å². The number of benzene rings is 1. The SMILES string of the molecule is O=C(O)NCCCn1cc(-c2c([N+](=O)[O-])ccc(OC3CCC3)c2C(F)(F)F)cn1. The van der Waals surface area contributed by atoms with Gasteiger partial charge in [0.15, 0.2) is 0 Å². The number of hydrogen-bond acceptors (Lipinski definition) is 5. The second-order valence-electron chi connectivity index (χ2n) is 6.84. The fraction of sp³-hybridized carbons (Fsp3) is 0.444. The average molecular weight is 428 g/mol. The van der Waals surface area contributed by atoms with E-state index in [1.165, 1.54) is 10.9 Å². The molecule has 2 N–H and O–H groups in total. The highest BCUT2D eigenvalue weighted by Gasteiger charge is 2.42. The van der Waals surface area contributed by atoms with Gasteiger partial charge >= 0.3 is 12.3 Å². The molecule has 12 heteroatoms. The molecule has 0 atom stereocenters. The van der Waals surface area contributed by atoms with Crippen molar-refractivity contribution in [3.8, 4) is 16.9 Å². The third-order valence-corrected chi connectivity index (χ3v) is 4.73. The van der Waals surface area contributed by atoms with Crippen LogP contribution in [-0.2, 0) is 12.7 Å². The van der Waals surface area contributed by atoms with E-state index in [2.05, 4.69) is 10.4 Å². The van der Waals surface area contributed by atoms with E-state index < -0.39 is 39.8 Å². The summed E-state index contributed by atoms with van der Waals surface area (Å²) in [6.45, 7) is 0.344. The van der Waals surface area contributed by atoms with E-state index >= 15 is 0 Å². The number of halogens is 3. The van der Waals surface area contributed by atoms with Crippen molar-refractivity contribution in [3.63, 3.8) is 0 Å². The van der Waals surface area contributed by atoms with Crippen LogP contribution in [0.15, 0.2) is 24.5 Å². The van der Waals surface area contributed by atoms with Crippen LogP contribution in [0.2, 0.25) is 0 Å². The van der Waals surface area contributed by atoms with Crippen LogP contribution in [0, 0.1) is 10.1 Å². The van der Waals surface area contributed by atoms with Gasteiger partial charge in [-0.2, -0.15) is 18.3 Å². The summed E-state index contributed by atoms with van der Waals surface area (Å²) in [6, 6.07) is 2.00. The molecule has 2 aromatic rings. The predicted octanol–water partition coefficient (Wildman–Crippen LogP) is 4.07. The van der Waals surface area contributed by atoms with Crippen LogP contribution < -0.4 is 10.1 Å². The zero-order chi connectivity index (χ0) is 21.9. The summed E-state index contributed by atoms with van der Waals surface area (Å²) in [6.07, 6.45) is -1.57. The van der Waals surface area contributed by atoms with Crippen LogP contribution in [0.1, 0.15) is 31.2 Å². The highest BCUT2D eigenvalue weighted by atomic mass is 19.4. The van der Waals surface area contributed by atoms with Gasteiger partial charge in [-0.25, -0.2) is 4.79 Å². The van der Waals surface area contributed by atoms with Crippen LogP contribution >= 0.6 is 0 Å². The number of aromatic nitrogens is 2. The first-order chi connectivity index (χ1) is 14.2. The molecular formula is C18H19F3N4O5. The lowest BCUT2D eigenvalue weighted by atomic mass is 9.95. The summed E-state index contributed by atoms with van der Waals surface area (Å²) >= 11 is 0. The van der Waals surface area contributed by atoms with Crippen LogP contribution in [0.25, 0.3) is 11.1 Å². The lowest BCUT2D eigenvalue weighted by Gasteiger charge is -2.28. The number of carboxylic acid groups (broad SMARTS) is 1. The molecule has 162 valence electrons. The van der Waals surface area contributed by atoms with Gasteiger partial charge in [0.2, 0.25) is 0 Å². The van der Waals surface area contributed by atoms with Crippen molar-refractivity contribution >= 4 is 11.8 Å². The number of nitrogens with one attached hydrogen (secondary N) is 1. The fourth-order valence-electron chi connectivity index (χ4n) is 3.12. The Morgan fingerprint density at radius 3 is 2.70 bits per heavy atom.